The van der Waals surface area contributed by atoms with Gasteiger partial charge in [-0.2, -0.15) is 0 Å². The van der Waals surface area contributed by atoms with Crippen molar-refractivity contribution in [2.45, 2.75) is 82.0 Å². The number of H-pyrrole nitrogens is 1. The maximum atomic E-state index is 14.9. The zero-order valence-corrected chi connectivity index (χ0v) is 18.2. The maximum absolute atomic E-state index is 14.9. The molecule has 0 spiro atoms. The molecule has 14 heteroatoms. The van der Waals surface area contributed by atoms with Crippen molar-refractivity contribution in [1.82, 2.24) is 14.6 Å². The van der Waals surface area contributed by atoms with Crippen molar-refractivity contribution in [1.29, 1.82) is 0 Å². The normalized spacial score (nSPS) is 28.4. The van der Waals surface area contributed by atoms with E-state index in [4.69, 9.17) is 10.5 Å². The summed E-state index contributed by atoms with van der Waals surface area (Å²) in [5, 5.41) is 52.2. The fraction of sp³-hybridized carbons (Fsp3) is 0.737. The summed E-state index contributed by atoms with van der Waals surface area (Å²) in [6.07, 6.45) is -1.64. The zero-order chi connectivity index (χ0) is 25.0. The van der Waals surface area contributed by atoms with E-state index in [0.717, 1.165) is 25.7 Å². The Morgan fingerprint density at radius 3 is 2.48 bits per heavy atom. The van der Waals surface area contributed by atoms with Gasteiger partial charge in [-0.3, -0.25) is 14.6 Å². The Kier molecular flexibility index (Phi) is 8.87. The van der Waals surface area contributed by atoms with E-state index in [1.54, 1.807) is 4.98 Å². The molecule has 1 unspecified atom stereocenters. The van der Waals surface area contributed by atoms with Gasteiger partial charge in [-0.05, 0) is 12.8 Å². The SMILES string of the molecule is CCCCCCCCC(F)N(O)[C@@]1(O)[C@H](O)[C@@H](CO)O[C@@]1(O)n1cc(C(N)=O)c(=O)[nH]c1=O. The highest BCUT2D eigenvalue weighted by molar-refractivity contribution is 5.91. The molecule has 0 aliphatic carbocycles. The van der Waals surface area contributed by atoms with Gasteiger partial charge in [0.1, 0.15) is 17.8 Å². The second-order valence-corrected chi connectivity index (χ2v) is 7.99. The number of aliphatic hydroxyl groups excluding tert-OH is 2. The molecule has 1 saturated heterocycles. The largest absolute Gasteiger partial charge is 0.394 e. The second kappa shape index (κ2) is 10.8. The number of amides is 1. The Labute approximate surface area is 187 Å². The number of hydrogen-bond donors (Lipinski definition) is 7. The van der Waals surface area contributed by atoms with Crippen molar-refractivity contribution in [2.75, 3.05) is 6.61 Å². The molecule has 0 saturated carbocycles. The van der Waals surface area contributed by atoms with E-state index in [1.807, 2.05) is 6.92 Å². The molecular formula is C19H31FN4O9. The van der Waals surface area contributed by atoms with E-state index in [1.165, 1.54) is 0 Å². The monoisotopic (exact) mass is 478 g/mol. The van der Waals surface area contributed by atoms with Gasteiger partial charge in [0.25, 0.3) is 11.5 Å². The van der Waals surface area contributed by atoms with Gasteiger partial charge in [-0.1, -0.05) is 39.0 Å². The van der Waals surface area contributed by atoms with E-state index in [9.17, 15) is 44.4 Å². The van der Waals surface area contributed by atoms with E-state index in [2.05, 4.69) is 0 Å². The molecule has 1 aliphatic rings. The fourth-order valence-corrected chi connectivity index (χ4v) is 3.77. The summed E-state index contributed by atoms with van der Waals surface area (Å²) in [4.78, 5) is 37.3. The minimum absolute atomic E-state index is 0.0636. The molecule has 1 aromatic rings. The Hall–Kier alpha value is -2.20. The second-order valence-electron chi connectivity index (χ2n) is 7.99. The number of nitrogens with one attached hydrogen (secondary N) is 1. The molecule has 8 N–H and O–H groups in total. The summed E-state index contributed by atoms with van der Waals surface area (Å²) in [5.41, 5.74) is -1.90. The average Bonchev–Trinajstić information content (AvgIpc) is 2.97. The molecule has 0 aromatic carbocycles. The van der Waals surface area contributed by atoms with Gasteiger partial charge in [-0.25, -0.2) is 13.8 Å². The van der Waals surface area contributed by atoms with E-state index in [-0.39, 0.29) is 11.0 Å². The van der Waals surface area contributed by atoms with Crippen molar-refractivity contribution in [3.05, 3.63) is 32.6 Å². The molecule has 188 valence electrons. The number of nitrogens with zero attached hydrogens (tertiary/aromatic N) is 2. The van der Waals surface area contributed by atoms with Crippen LogP contribution in [0.25, 0.3) is 0 Å². The van der Waals surface area contributed by atoms with Crippen LogP contribution in [0.2, 0.25) is 0 Å². The predicted molar refractivity (Wildman–Crippen MR) is 109 cm³/mol. The van der Waals surface area contributed by atoms with Gasteiger partial charge < -0.3 is 36.1 Å². The van der Waals surface area contributed by atoms with Crippen molar-refractivity contribution in [3.63, 3.8) is 0 Å². The Morgan fingerprint density at radius 2 is 1.91 bits per heavy atom. The number of carbonyl (C=O) groups excluding carboxylic acids is 1. The molecule has 2 rings (SSSR count). The molecule has 0 bridgehead atoms. The first-order valence-corrected chi connectivity index (χ1v) is 10.7. The van der Waals surface area contributed by atoms with Crippen LogP contribution < -0.4 is 17.0 Å². The van der Waals surface area contributed by atoms with Crippen LogP contribution in [0.3, 0.4) is 0 Å². The van der Waals surface area contributed by atoms with Crippen LogP contribution in [-0.2, 0) is 10.6 Å². The van der Waals surface area contributed by atoms with Crippen LogP contribution in [0.4, 0.5) is 4.39 Å². The minimum Gasteiger partial charge on any atom is -0.394 e. The molecule has 1 aliphatic heterocycles. The number of aromatic amines is 1. The lowest BCUT2D eigenvalue weighted by Crippen LogP contribution is -2.70. The summed E-state index contributed by atoms with van der Waals surface area (Å²) in [6, 6.07) is 0. The topological polar surface area (TPSA) is 212 Å². The third-order valence-electron chi connectivity index (χ3n) is 5.68. The van der Waals surface area contributed by atoms with Crippen molar-refractivity contribution >= 4 is 5.91 Å². The van der Waals surface area contributed by atoms with Crippen molar-refractivity contribution in [2.24, 2.45) is 5.73 Å². The molecule has 13 nitrogen and oxygen atoms in total. The first-order chi connectivity index (χ1) is 15.4. The first-order valence-electron chi connectivity index (χ1n) is 10.7. The van der Waals surface area contributed by atoms with Crippen LogP contribution in [0, 0.1) is 0 Å². The highest BCUT2D eigenvalue weighted by Crippen LogP contribution is 2.44. The standard InChI is InChI=1S/C19H31FN4O9/c1-2-3-4-5-6-7-8-13(20)24(32)18(30)14(26)12(10-25)33-19(18,31)23-9-11(15(21)27)16(28)22-17(23)29/h9,12-14,25-26,30-32H,2-8,10H2,1H3,(H2,21,27)(H,22,28,29)/t12-,13?,14-,18-,19-/m1/s1. The molecule has 1 aromatic heterocycles. The highest BCUT2D eigenvalue weighted by atomic mass is 19.1. The van der Waals surface area contributed by atoms with Gasteiger partial charge >= 0.3 is 11.6 Å². The molecule has 1 fully saturated rings. The number of rotatable bonds is 12. The third kappa shape index (κ3) is 5.01. The van der Waals surface area contributed by atoms with Gasteiger partial charge in [0, 0.05) is 6.20 Å². The van der Waals surface area contributed by atoms with Crippen LogP contribution in [-0.4, -0.2) is 77.0 Å². The quantitative estimate of drug-likeness (QED) is 0.0792. The van der Waals surface area contributed by atoms with Gasteiger partial charge in [0.2, 0.25) is 5.72 Å². The number of aromatic nitrogens is 2. The highest BCUT2D eigenvalue weighted by Gasteiger charge is 2.71. The van der Waals surface area contributed by atoms with Gasteiger partial charge in [-0.15, -0.1) is 5.06 Å². The van der Waals surface area contributed by atoms with Crippen LogP contribution in [0.1, 0.15) is 62.2 Å². The molecule has 1 amide bonds. The van der Waals surface area contributed by atoms with E-state index >= 15 is 0 Å². The molecule has 5 atom stereocenters. The summed E-state index contributed by atoms with van der Waals surface area (Å²) in [7, 11) is 0. The van der Waals surface area contributed by atoms with Crippen LogP contribution >= 0.6 is 0 Å². The number of ether oxygens (including phenoxy) is 1. The lowest BCUT2D eigenvalue weighted by molar-refractivity contribution is -0.428. The van der Waals surface area contributed by atoms with Gasteiger partial charge in [0.05, 0.1) is 6.61 Å². The average molecular weight is 478 g/mol. The number of nitrogens with two attached hydrogens (primary N) is 1. The summed E-state index contributed by atoms with van der Waals surface area (Å²) in [6.45, 7) is 1.02. The number of alkyl halides is 1. The minimum atomic E-state index is -3.45. The number of unbranched alkanes of at least 4 members (excludes halogenated alkanes) is 5. The number of halogens is 1. The molecule has 0 radical (unpaired) electrons. The third-order valence-corrected chi connectivity index (χ3v) is 5.68. The summed E-state index contributed by atoms with van der Waals surface area (Å²) < 4.78 is 20.0. The first kappa shape index (κ1) is 27.0. The Balaban J connectivity index is 2.41. The maximum Gasteiger partial charge on any atom is 0.332 e. The number of carbonyl (C=O) groups is 1. The lowest BCUT2D eigenvalue weighted by Gasteiger charge is -2.43. The number of primary amides is 1. The Morgan fingerprint density at radius 1 is 1.30 bits per heavy atom. The summed E-state index contributed by atoms with van der Waals surface area (Å²) in [5.74, 6) is -4.77. The number of aliphatic hydroxyl groups is 4. The number of hydroxylamine groups is 2. The lowest BCUT2D eigenvalue weighted by atomic mass is 9.99. The van der Waals surface area contributed by atoms with Crippen LogP contribution in [0.5, 0.6) is 0 Å². The van der Waals surface area contributed by atoms with Crippen molar-refractivity contribution in [3.8, 4) is 0 Å². The fourth-order valence-electron chi connectivity index (χ4n) is 3.77. The Bertz CT molecular complexity index is 941. The number of hydrogen-bond acceptors (Lipinski definition) is 10. The van der Waals surface area contributed by atoms with Gasteiger partial charge in [0.15, 0.2) is 6.30 Å². The molecular weight excluding hydrogens is 447 g/mol. The zero-order valence-electron chi connectivity index (χ0n) is 18.2. The van der Waals surface area contributed by atoms with E-state index < -0.39 is 64.5 Å². The van der Waals surface area contributed by atoms with Crippen molar-refractivity contribution < 1.29 is 39.6 Å². The molecule has 2 heterocycles. The summed E-state index contributed by atoms with van der Waals surface area (Å²) >= 11 is 0. The molecule has 33 heavy (non-hydrogen) atoms. The predicted octanol–water partition coefficient (Wildman–Crippen LogP) is -1.58. The van der Waals surface area contributed by atoms with E-state index in [0.29, 0.717) is 19.0 Å². The van der Waals surface area contributed by atoms with Crippen LogP contribution in [0.15, 0.2) is 15.8 Å². The smallest absolute Gasteiger partial charge is 0.332 e.